The summed E-state index contributed by atoms with van der Waals surface area (Å²) in [6, 6.07) is 10.9. The fourth-order valence-corrected chi connectivity index (χ4v) is 2.92. The molecule has 0 spiro atoms. The maximum Gasteiger partial charge on any atom is 0.126 e. The quantitative estimate of drug-likeness (QED) is 0.769. The molecule has 0 aliphatic heterocycles. The molecule has 1 atom stereocenters. The minimum atomic E-state index is -0.189. The first kappa shape index (κ1) is 15.9. The Labute approximate surface area is 137 Å². The van der Waals surface area contributed by atoms with Crippen LogP contribution in [0.1, 0.15) is 29.7 Å². The summed E-state index contributed by atoms with van der Waals surface area (Å²) < 4.78 is 14.5. The lowest BCUT2D eigenvalue weighted by Gasteiger charge is -2.17. The van der Waals surface area contributed by atoms with Crippen molar-refractivity contribution in [3.8, 4) is 0 Å². The molecule has 0 fully saturated rings. The summed E-state index contributed by atoms with van der Waals surface area (Å²) in [5.41, 5.74) is 8.88. The lowest BCUT2D eigenvalue weighted by Crippen LogP contribution is -2.11. The first-order valence-electron chi connectivity index (χ1n) is 6.50. The van der Waals surface area contributed by atoms with Crippen LogP contribution in [0.3, 0.4) is 0 Å². The first-order chi connectivity index (χ1) is 9.88. The van der Waals surface area contributed by atoms with Crippen molar-refractivity contribution in [3.05, 3.63) is 63.4 Å². The van der Waals surface area contributed by atoms with E-state index in [-0.39, 0.29) is 11.9 Å². The van der Waals surface area contributed by atoms with E-state index >= 15 is 0 Å². The third kappa shape index (κ3) is 3.80. The standard InChI is InChI=1S/C16H16BrFN2S/c1-9-3-4-11(7-15(9)18)10(2)20-12-5-6-13(16(19)21)14(17)8-12/h3-8,10,20H,1-2H3,(H2,19,21). The third-order valence-electron chi connectivity index (χ3n) is 3.31. The van der Waals surface area contributed by atoms with Gasteiger partial charge in [-0.05, 0) is 65.2 Å². The second-order valence-electron chi connectivity index (χ2n) is 4.93. The van der Waals surface area contributed by atoms with Crippen LogP contribution in [-0.4, -0.2) is 4.99 Å². The molecule has 3 N–H and O–H groups in total. The van der Waals surface area contributed by atoms with E-state index in [1.807, 2.05) is 31.2 Å². The normalized spacial score (nSPS) is 12.0. The second-order valence-corrected chi connectivity index (χ2v) is 6.23. The van der Waals surface area contributed by atoms with Gasteiger partial charge in [-0.3, -0.25) is 0 Å². The summed E-state index contributed by atoms with van der Waals surface area (Å²) in [7, 11) is 0. The Morgan fingerprint density at radius 1 is 1.29 bits per heavy atom. The minimum Gasteiger partial charge on any atom is -0.389 e. The van der Waals surface area contributed by atoms with Gasteiger partial charge < -0.3 is 11.1 Å². The van der Waals surface area contributed by atoms with Gasteiger partial charge in [-0.1, -0.05) is 24.4 Å². The van der Waals surface area contributed by atoms with Crippen LogP contribution >= 0.6 is 28.1 Å². The number of thiocarbonyl (C=S) groups is 1. The molecule has 0 aromatic heterocycles. The highest BCUT2D eigenvalue weighted by molar-refractivity contribution is 9.10. The maximum atomic E-state index is 13.6. The van der Waals surface area contributed by atoms with Crippen LogP contribution in [0.2, 0.25) is 0 Å². The molecule has 0 amide bonds. The number of hydrogen-bond acceptors (Lipinski definition) is 2. The molecule has 0 aliphatic rings. The van der Waals surface area contributed by atoms with Crippen molar-refractivity contribution < 1.29 is 4.39 Å². The summed E-state index contributed by atoms with van der Waals surface area (Å²) in [6.07, 6.45) is 0. The third-order valence-corrected chi connectivity index (χ3v) is 4.19. The molecule has 2 aromatic rings. The summed E-state index contributed by atoms with van der Waals surface area (Å²) in [5.74, 6) is -0.189. The molecule has 5 heteroatoms. The summed E-state index contributed by atoms with van der Waals surface area (Å²) in [5, 5.41) is 3.33. The molecule has 0 saturated carbocycles. The largest absolute Gasteiger partial charge is 0.389 e. The molecule has 110 valence electrons. The van der Waals surface area contributed by atoms with Crippen molar-refractivity contribution in [2.24, 2.45) is 5.73 Å². The number of nitrogens with two attached hydrogens (primary N) is 1. The summed E-state index contributed by atoms with van der Waals surface area (Å²) in [4.78, 5) is 0.349. The minimum absolute atomic E-state index is 0.0114. The van der Waals surface area contributed by atoms with Gasteiger partial charge >= 0.3 is 0 Å². The van der Waals surface area contributed by atoms with E-state index in [0.717, 1.165) is 21.3 Å². The molecule has 1 unspecified atom stereocenters. The molecule has 0 bridgehead atoms. The van der Waals surface area contributed by atoms with Gasteiger partial charge in [0.1, 0.15) is 10.8 Å². The van der Waals surface area contributed by atoms with Gasteiger partial charge in [0.25, 0.3) is 0 Å². The number of anilines is 1. The molecule has 0 aliphatic carbocycles. The van der Waals surface area contributed by atoms with Crippen molar-refractivity contribution in [1.29, 1.82) is 0 Å². The highest BCUT2D eigenvalue weighted by Gasteiger charge is 2.09. The highest BCUT2D eigenvalue weighted by Crippen LogP contribution is 2.25. The molecule has 2 nitrogen and oxygen atoms in total. The average molecular weight is 367 g/mol. The fourth-order valence-electron chi connectivity index (χ4n) is 2.02. The van der Waals surface area contributed by atoms with Crippen molar-refractivity contribution in [3.63, 3.8) is 0 Å². The van der Waals surface area contributed by atoms with E-state index in [4.69, 9.17) is 18.0 Å². The number of halogens is 2. The fraction of sp³-hybridized carbons (Fsp3) is 0.188. The maximum absolute atomic E-state index is 13.6. The molecular formula is C16H16BrFN2S. The van der Waals surface area contributed by atoms with E-state index in [9.17, 15) is 4.39 Å². The number of aryl methyl sites for hydroxylation is 1. The van der Waals surface area contributed by atoms with Gasteiger partial charge in [-0.25, -0.2) is 4.39 Å². The van der Waals surface area contributed by atoms with Gasteiger partial charge in [0.05, 0.1) is 0 Å². The van der Waals surface area contributed by atoms with Gasteiger partial charge in [-0.15, -0.1) is 0 Å². The molecule has 2 aromatic carbocycles. The van der Waals surface area contributed by atoms with E-state index in [2.05, 4.69) is 21.2 Å². The Morgan fingerprint density at radius 2 is 2.00 bits per heavy atom. The Bertz CT molecular complexity index is 688. The average Bonchev–Trinajstić information content (AvgIpc) is 2.41. The van der Waals surface area contributed by atoms with E-state index in [1.54, 1.807) is 19.1 Å². The Hall–Kier alpha value is -1.46. The zero-order valence-corrected chi connectivity index (χ0v) is 14.2. The van der Waals surface area contributed by atoms with Crippen LogP contribution < -0.4 is 11.1 Å². The first-order valence-corrected chi connectivity index (χ1v) is 7.70. The monoisotopic (exact) mass is 366 g/mol. The Balaban J connectivity index is 2.19. The number of benzene rings is 2. The molecular weight excluding hydrogens is 351 g/mol. The van der Waals surface area contributed by atoms with Crippen molar-refractivity contribution in [1.82, 2.24) is 0 Å². The molecule has 0 heterocycles. The predicted molar refractivity (Wildman–Crippen MR) is 93.2 cm³/mol. The number of nitrogens with one attached hydrogen (secondary N) is 1. The number of rotatable bonds is 4. The second kappa shape index (κ2) is 6.54. The van der Waals surface area contributed by atoms with E-state index in [1.165, 1.54) is 0 Å². The van der Waals surface area contributed by atoms with Crippen molar-refractivity contribution in [2.45, 2.75) is 19.9 Å². The van der Waals surface area contributed by atoms with Crippen molar-refractivity contribution >= 4 is 38.8 Å². The lowest BCUT2D eigenvalue weighted by atomic mass is 10.1. The van der Waals surface area contributed by atoms with Crippen LogP contribution in [-0.2, 0) is 0 Å². The SMILES string of the molecule is Cc1ccc(C(C)Nc2ccc(C(N)=S)c(Br)c2)cc1F. The molecule has 21 heavy (non-hydrogen) atoms. The van der Waals surface area contributed by atoms with Crippen LogP contribution in [0.15, 0.2) is 40.9 Å². The van der Waals surface area contributed by atoms with E-state index in [0.29, 0.717) is 10.6 Å². The van der Waals surface area contributed by atoms with Crippen LogP contribution in [0, 0.1) is 12.7 Å². The van der Waals surface area contributed by atoms with Crippen LogP contribution in [0.25, 0.3) is 0 Å². The smallest absolute Gasteiger partial charge is 0.126 e. The molecule has 2 rings (SSSR count). The van der Waals surface area contributed by atoms with Crippen molar-refractivity contribution in [2.75, 3.05) is 5.32 Å². The summed E-state index contributed by atoms with van der Waals surface area (Å²) >= 11 is 8.42. The molecule has 0 saturated heterocycles. The van der Waals surface area contributed by atoms with Gasteiger partial charge in [0.2, 0.25) is 0 Å². The zero-order chi connectivity index (χ0) is 15.6. The molecule has 0 radical (unpaired) electrons. The van der Waals surface area contributed by atoms with E-state index < -0.39 is 0 Å². The topological polar surface area (TPSA) is 38.0 Å². The Morgan fingerprint density at radius 3 is 2.57 bits per heavy atom. The summed E-state index contributed by atoms with van der Waals surface area (Å²) in [6.45, 7) is 3.74. The highest BCUT2D eigenvalue weighted by atomic mass is 79.9. The van der Waals surface area contributed by atoms with Crippen LogP contribution in [0.4, 0.5) is 10.1 Å². The Kier molecular flexibility index (Phi) is 4.96. The lowest BCUT2D eigenvalue weighted by molar-refractivity contribution is 0.614. The predicted octanol–water partition coefficient (Wildman–Crippen LogP) is 4.70. The number of hydrogen-bond donors (Lipinski definition) is 2. The van der Waals surface area contributed by atoms with Gasteiger partial charge in [-0.2, -0.15) is 0 Å². The van der Waals surface area contributed by atoms with Gasteiger partial charge in [0, 0.05) is 21.8 Å². The van der Waals surface area contributed by atoms with Crippen LogP contribution in [0.5, 0.6) is 0 Å². The zero-order valence-electron chi connectivity index (χ0n) is 11.8. The van der Waals surface area contributed by atoms with Gasteiger partial charge in [0.15, 0.2) is 0 Å².